The summed E-state index contributed by atoms with van der Waals surface area (Å²) in [6.07, 6.45) is 10.9. The number of hydrogen-bond donors (Lipinski definition) is 1. The Kier molecular flexibility index (Phi) is 3.90. The first-order valence-corrected chi connectivity index (χ1v) is 8.15. The first kappa shape index (κ1) is 14.7. The average Bonchev–Trinajstić information content (AvgIpc) is 3.09. The summed E-state index contributed by atoms with van der Waals surface area (Å²) in [6, 6.07) is 1.95. The topological polar surface area (TPSA) is 83.5 Å². The zero-order valence-electron chi connectivity index (χ0n) is 13.6. The Morgan fingerprint density at radius 2 is 2.04 bits per heavy atom. The third-order valence-electron chi connectivity index (χ3n) is 4.35. The van der Waals surface area contributed by atoms with E-state index in [4.69, 9.17) is 0 Å². The van der Waals surface area contributed by atoms with Crippen LogP contribution in [0.25, 0.3) is 11.5 Å². The van der Waals surface area contributed by atoms with Gasteiger partial charge in [-0.25, -0.2) is 19.9 Å². The molecule has 0 bridgehead atoms. The van der Waals surface area contributed by atoms with Crippen LogP contribution in [0.2, 0.25) is 0 Å². The van der Waals surface area contributed by atoms with Gasteiger partial charge in [-0.2, -0.15) is 0 Å². The van der Waals surface area contributed by atoms with E-state index in [1.54, 1.807) is 24.9 Å². The second kappa shape index (κ2) is 6.35. The lowest BCUT2D eigenvalue weighted by Gasteiger charge is -2.33. The van der Waals surface area contributed by atoms with Gasteiger partial charge in [-0.15, -0.1) is 0 Å². The van der Waals surface area contributed by atoms with Crippen molar-refractivity contribution in [2.45, 2.75) is 25.7 Å². The lowest BCUT2D eigenvalue weighted by Crippen LogP contribution is -2.35. The molecule has 0 amide bonds. The molecule has 0 radical (unpaired) electrons. The van der Waals surface area contributed by atoms with Crippen LogP contribution in [0.3, 0.4) is 0 Å². The smallest absolute Gasteiger partial charge is 0.158 e. The molecule has 1 atom stereocenters. The summed E-state index contributed by atoms with van der Waals surface area (Å²) >= 11 is 0. The molecule has 1 N–H and O–H groups in total. The number of imidazole rings is 1. The molecule has 1 aliphatic heterocycles. The zero-order valence-corrected chi connectivity index (χ0v) is 13.6. The van der Waals surface area contributed by atoms with E-state index in [2.05, 4.69) is 34.8 Å². The number of nitrogens with one attached hydrogen (secondary N) is 1. The van der Waals surface area contributed by atoms with E-state index in [0.29, 0.717) is 5.92 Å². The predicted octanol–water partition coefficient (Wildman–Crippen LogP) is 2.35. The molecule has 0 unspecified atom stereocenters. The molecule has 3 aromatic heterocycles. The Labute approximate surface area is 140 Å². The molecule has 4 rings (SSSR count). The normalized spacial score (nSPS) is 17.9. The van der Waals surface area contributed by atoms with Gasteiger partial charge in [0, 0.05) is 49.5 Å². The summed E-state index contributed by atoms with van der Waals surface area (Å²) in [5.41, 5.74) is 2.87. The number of piperidine rings is 1. The maximum atomic E-state index is 4.63. The highest BCUT2D eigenvalue weighted by Gasteiger charge is 2.26. The number of anilines is 1. The van der Waals surface area contributed by atoms with E-state index in [-0.39, 0.29) is 0 Å². The number of aromatic amines is 1. The lowest BCUT2D eigenvalue weighted by molar-refractivity contribution is 0.498. The molecule has 122 valence electrons. The summed E-state index contributed by atoms with van der Waals surface area (Å²) in [6.45, 7) is 3.87. The first-order valence-electron chi connectivity index (χ1n) is 8.15. The molecule has 7 nitrogen and oxygen atoms in total. The molecular weight excluding hydrogens is 302 g/mol. The van der Waals surface area contributed by atoms with Crippen LogP contribution >= 0.6 is 0 Å². The number of rotatable bonds is 3. The van der Waals surface area contributed by atoms with Crippen molar-refractivity contribution in [3.63, 3.8) is 0 Å². The van der Waals surface area contributed by atoms with Crippen molar-refractivity contribution in [1.82, 2.24) is 29.9 Å². The van der Waals surface area contributed by atoms with Crippen LogP contribution in [-0.4, -0.2) is 43.0 Å². The number of nitrogens with zero attached hydrogens (tertiary/aromatic N) is 6. The molecular formula is C17H19N7. The third-order valence-corrected chi connectivity index (χ3v) is 4.35. The number of aryl methyl sites for hydroxylation is 1. The van der Waals surface area contributed by atoms with Crippen molar-refractivity contribution < 1.29 is 0 Å². The molecule has 1 fully saturated rings. The third kappa shape index (κ3) is 2.84. The van der Waals surface area contributed by atoms with Crippen molar-refractivity contribution >= 4 is 5.82 Å². The van der Waals surface area contributed by atoms with Gasteiger partial charge in [-0.1, -0.05) is 0 Å². The minimum Gasteiger partial charge on any atom is -0.356 e. The molecule has 0 aromatic carbocycles. The van der Waals surface area contributed by atoms with Gasteiger partial charge < -0.3 is 9.88 Å². The van der Waals surface area contributed by atoms with Crippen LogP contribution in [0, 0.1) is 6.92 Å². The van der Waals surface area contributed by atoms with Gasteiger partial charge in [0.25, 0.3) is 0 Å². The fourth-order valence-corrected chi connectivity index (χ4v) is 3.24. The molecule has 0 saturated carbocycles. The minimum absolute atomic E-state index is 0.308. The van der Waals surface area contributed by atoms with Crippen molar-refractivity contribution in [2.75, 3.05) is 18.0 Å². The van der Waals surface area contributed by atoms with Gasteiger partial charge in [0.05, 0.1) is 5.69 Å². The molecule has 1 aliphatic rings. The van der Waals surface area contributed by atoms with Gasteiger partial charge in [0.1, 0.15) is 17.8 Å². The van der Waals surface area contributed by atoms with Crippen LogP contribution in [0.4, 0.5) is 5.82 Å². The molecule has 7 heteroatoms. The van der Waals surface area contributed by atoms with E-state index in [1.165, 1.54) is 0 Å². The second-order valence-corrected chi connectivity index (χ2v) is 6.06. The highest BCUT2D eigenvalue weighted by Crippen LogP contribution is 2.31. The summed E-state index contributed by atoms with van der Waals surface area (Å²) < 4.78 is 0. The fourth-order valence-electron chi connectivity index (χ4n) is 3.24. The SMILES string of the molecule is Cc1cnc(-c2nccnc2[C@H]2CCCN(c3ccncn3)C2)[nH]1. The highest BCUT2D eigenvalue weighted by atomic mass is 15.2. The Bertz CT molecular complexity index is 815. The van der Waals surface area contributed by atoms with Crippen LogP contribution in [0.5, 0.6) is 0 Å². The summed E-state index contributed by atoms with van der Waals surface area (Å²) in [5, 5.41) is 0. The lowest BCUT2D eigenvalue weighted by atomic mass is 9.93. The monoisotopic (exact) mass is 321 g/mol. The van der Waals surface area contributed by atoms with E-state index >= 15 is 0 Å². The standard InChI is InChI=1S/C17H19N7/c1-12-9-21-17(23-12)16-15(19-6-7-20-16)13-3-2-8-24(10-13)14-4-5-18-11-22-14/h4-7,9,11,13H,2-3,8,10H2,1H3,(H,21,23)/t13-/m0/s1. The summed E-state index contributed by atoms with van der Waals surface area (Å²) in [7, 11) is 0. The molecule has 3 aromatic rings. The summed E-state index contributed by atoms with van der Waals surface area (Å²) in [5.74, 6) is 2.06. The predicted molar refractivity (Wildman–Crippen MR) is 90.6 cm³/mol. The highest BCUT2D eigenvalue weighted by molar-refractivity contribution is 5.54. The van der Waals surface area contributed by atoms with Gasteiger partial charge in [0.15, 0.2) is 5.82 Å². The number of aromatic nitrogens is 6. The Morgan fingerprint density at radius 3 is 2.83 bits per heavy atom. The van der Waals surface area contributed by atoms with E-state index < -0.39 is 0 Å². The molecule has 0 aliphatic carbocycles. The first-order chi connectivity index (χ1) is 11.8. The molecule has 0 spiro atoms. The molecule has 4 heterocycles. The fraction of sp³-hybridized carbons (Fsp3) is 0.353. The van der Waals surface area contributed by atoms with E-state index in [1.807, 2.05) is 19.2 Å². The Morgan fingerprint density at radius 1 is 1.12 bits per heavy atom. The van der Waals surface area contributed by atoms with Crippen molar-refractivity contribution in [3.05, 3.63) is 48.6 Å². The van der Waals surface area contributed by atoms with Crippen LogP contribution < -0.4 is 4.90 Å². The number of hydrogen-bond acceptors (Lipinski definition) is 6. The summed E-state index contributed by atoms with van der Waals surface area (Å²) in [4.78, 5) is 27.5. The van der Waals surface area contributed by atoms with E-state index in [9.17, 15) is 0 Å². The van der Waals surface area contributed by atoms with Crippen molar-refractivity contribution in [1.29, 1.82) is 0 Å². The molecule has 24 heavy (non-hydrogen) atoms. The van der Waals surface area contributed by atoms with Crippen LogP contribution in [-0.2, 0) is 0 Å². The van der Waals surface area contributed by atoms with E-state index in [0.717, 1.165) is 54.7 Å². The van der Waals surface area contributed by atoms with Crippen molar-refractivity contribution in [2.24, 2.45) is 0 Å². The van der Waals surface area contributed by atoms with Crippen molar-refractivity contribution in [3.8, 4) is 11.5 Å². The molecule has 1 saturated heterocycles. The van der Waals surface area contributed by atoms with Gasteiger partial charge in [-0.3, -0.25) is 4.98 Å². The van der Waals surface area contributed by atoms with Gasteiger partial charge in [0.2, 0.25) is 0 Å². The number of H-pyrrole nitrogens is 1. The van der Waals surface area contributed by atoms with Gasteiger partial charge >= 0.3 is 0 Å². The largest absolute Gasteiger partial charge is 0.356 e. The Balaban J connectivity index is 1.64. The average molecular weight is 321 g/mol. The Hall–Kier alpha value is -2.83. The van der Waals surface area contributed by atoms with Crippen LogP contribution in [0.15, 0.2) is 37.2 Å². The maximum Gasteiger partial charge on any atom is 0.158 e. The zero-order chi connectivity index (χ0) is 16.4. The quantitative estimate of drug-likeness (QED) is 0.797. The second-order valence-electron chi connectivity index (χ2n) is 6.06. The minimum atomic E-state index is 0.308. The van der Waals surface area contributed by atoms with Crippen LogP contribution in [0.1, 0.15) is 30.1 Å². The van der Waals surface area contributed by atoms with Gasteiger partial charge in [-0.05, 0) is 25.8 Å². The maximum absolute atomic E-state index is 4.63.